The fourth-order valence-corrected chi connectivity index (χ4v) is 1.21. The standard InChI is InChI=1S/C8H10FNO2S/c1-8(2,3)12-7(11)6-5(9)4-13-10-6/h4H,1-3H3. The van der Waals surface area contributed by atoms with Gasteiger partial charge in [-0.1, -0.05) is 0 Å². The van der Waals surface area contributed by atoms with Crippen molar-refractivity contribution < 1.29 is 13.9 Å². The molecule has 0 unspecified atom stereocenters. The minimum Gasteiger partial charge on any atom is -0.455 e. The molecule has 72 valence electrons. The second-order valence-electron chi connectivity index (χ2n) is 3.51. The molecule has 0 aliphatic heterocycles. The summed E-state index contributed by atoms with van der Waals surface area (Å²) in [4.78, 5) is 11.2. The van der Waals surface area contributed by atoms with Crippen molar-refractivity contribution in [2.45, 2.75) is 26.4 Å². The third-order valence-corrected chi connectivity index (χ3v) is 1.72. The minimum absolute atomic E-state index is 0.236. The van der Waals surface area contributed by atoms with Crippen LogP contribution in [0.15, 0.2) is 5.38 Å². The molecule has 1 aromatic rings. The van der Waals surface area contributed by atoms with E-state index in [1.54, 1.807) is 20.8 Å². The van der Waals surface area contributed by atoms with E-state index in [4.69, 9.17) is 4.74 Å². The van der Waals surface area contributed by atoms with E-state index in [1.165, 1.54) is 5.38 Å². The van der Waals surface area contributed by atoms with Gasteiger partial charge in [-0.15, -0.1) is 0 Å². The van der Waals surface area contributed by atoms with Crippen LogP contribution < -0.4 is 0 Å². The molecule has 1 rings (SSSR count). The lowest BCUT2D eigenvalue weighted by Gasteiger charge is -2.18. The first-order valence-corrected chi connectivity index (χ1v) is 4.57. The van der Waals surface area contributed by atoms with Crippen molar-refractivity contribution in [2.24, 2.45) is 0 Å². The van der Waals surface area contributed by atoms with Gasteiger partial charge in [0, 0.05) is 5.38 Å². The predicted molar refractivity (Wildman–Crippen MR) is 47.2 cm³/mol. The van der Waals surface area contributed by atoms with Crippen LogP contribution in [-0.2, 0) is 4.74 Å². The summed E-state index contributed by atoms with van der Waals surface area (Å²) >= 11 is 0.895. The Labute approximate surface area is 79.7 Å². The van der Waals surface area contributed by atoms with Gasteiger partial charge in [0.2, 0.25) is 0 Å². The second-order valence-corrected chi connectivity index (χ2v) is 4.14. The van der Waals surface area contributed by atoms with Crippen molar-refractivity contribution in [2.75, 3.05) is 0 Å². The van der Waals surface area contributed by atoms with E-state index >= 15 is 0 Å². The summed E-state index contributed by atoms with van der Waals surface area (Å²) < 4.78 is 21.3. The number of hydrogen-bond donors (Lipinski definition) is 0. The quantitative estimate of drug-likeness (QED) is 0.657. The largest absolute Gasteiger partial charge is 0.455 e. The van der Waals surface area contributed by atoms with Crippen LogP contribution in [0.25, 0.3) is 0 Å². The van der Waals surface area contributed by atoms with Crippen LogP contribution in [0.1, 0.15) is 31.3 Å². The topological polar surface area (TPSA) is 39.2 Å². The van der Waals surface area contributed by atoms with E-state index in [-0.39, 0.29) is 5.69 Å². The van der Waals surface area contributed by atoms with Crippen molar-refractivity contribution in [1.82, 2.24) is 4.37 Å². The van der Waals surface area contributed by atoms with Gasteiger partial charge in [0.15, 0.2) is 11.5 Å². The number of nitrogens with zero attached hydrogens (tertiary/aromatic N) is 1. The zero-order valence-electron chi connectivity index (χ0n) is 7.63. The first-order chi connectivity index (χ1) is 5.90. The van der Waals surface area contributed by atoms with Crippen LogP contribution in [0, 0.1) is 5.82 Å². The lowest BCUT2D eigenvalue weighted by molar-refractivity contribution is 0.00593. The fraction of sp³-hybridized carbons (Fsp3) is 0.500. The molecule has 0 amide bonds. The Hall–Kier alpha value is -0.970. The third-order valence-electron chi connectivity index (χ3n) is 1.12. The number of carbonyl (C=O) groups is 1. The molecule has 0 spiro atoms. The molecule has 0 aromatic carbocycles. The zero-order valence-corrected chi connectivity index (χ0v) is 8.44. The Morgan fingerprint density at radius 3 is 2.62 bits per heavy atom. The molecule has 0 saturated heterocycles. The van der Waals surface area contributed by atoms with Crippen LogP contribution in [0.2, 0.25) is 0 Å². The normalized spacial score (nSPS) is 11.4. The number of hydrogen-bond acceptors (Lipinski definition) is 4. The second kappa shape index (κ2) is 3.41. The fourth-order valence-electron chi connectivity index (χ4n) is 0.686. The van der Waals surface area contributed by atoms with Crippen LogP contribution in [0.4, 0.5) is 4.39 Å². The van der Waals surface area contributed by atoms with Crippen molar-refractivity contribution in [1.29, 1.82) is 0 Å². The van der Waals surface area contributed by atoms with Crippen molar-refractivity contribution in [3.05, 3.63) is 16.9 Å². The predicted octanol–water partition coefficient (Wildman–Crippen LogP) is 2.24. The van der Waals surface area contributed by atoms with Gasteiger partial charge in [-0.25, -0.2) is 9.18 Å². The summed E-state index contributed by atoms with van der Waals surface area (Å²) in [5.74, 6) is -1.34. The first kappa shape index (κ1) is 10.1. The molecule has 3 nitrogen and oxygen atoms in total. The van der Waals surface area contributed by atoms with Crippen molar-refractivity contribution >= 4 is 17.5 Å². The van der Waals surface area contributed by atoms with E-state index in [1.807, 2.05) is 0 Å². The van der Waals surface area contributed by atoms with Crippen LogP contribution in [-0.4, -0.2) is 15.9 Å². The summed E-state index contributed by atoms with van der Waals surface area (Å²) in [7, 11) is 0. The molecule has 1 aromatic heterocycles. The number of halogens is 1. The van der Waals surface area contributed by atoms with Crippen LogP contribution in [0.3, 0.4) is 0 Å². The van der Waals surface area contributed by atoms with E-state index in [0.29, 0.717) is 0 Å². The van der Waals surface area contributed by atoms with Crippen molar-refractivity contribution in [3.8, 4) is 0 Å². The highest BCUT2D eigenvalue weighted by molar-refractivity contribution is 7.03. The Kier molecular flexibility index (Phi) is 2.66. The van der Waals surface area contributed by atoms with Crippen molar-refractivity contribution in [3.63, 3.8) is 0 Å². The highest BCUT2D eigenvalue weighted by Crippen LogP contribution is 2.14. The Morgan fingerprint density at radius 2 is 2.23 bits per heavy atom. The molecule has 0 N–H and O–H groups in total. The smallest absolute Gasteiger partial charge is 0.361 e. The summed E-state index contributed by atoms with van der Waals surface area (Å²) in [6.45, 7) is 5.15. The molecule has 5 heteroatoms. The highest BCUT2D eigenvalue weighted by Gasteiger charge is 2.22. The SMILES string of the molecule is CC(C)(C)OC(=O)c1nscc1F. The number of aromatic nitrogens is 1. The van der Waals surface area contributed by atoms with E-state index in [2.05, 4.69) is 4.37 Å². The Balaban J connectivity index is 2.76. The number of esters is 1. The molecule has 0 fully saturated rings. The number of carbonyl (C=O) groups excluding carboxylic acids is 1. The molecule has 1 heterocycles. The summed E-state index contributed by atoms with van der Waals surface area (Å²) in [6, 6.07) is 0. The molecule has 0 aliphatic rings. The van der Waals surface area contributed by atoms with Gasteiger partial charge >= 0.3 is 5.97 Å². The maximum atomic E-state index is 12.8. The molecule has 0 saturated carbocycles. The average molecular weight is 203 g/mol. The number of rotatable bonds is 1. The Bertz CT molecular complexity index is 316. The lowest BCUT2D eigenvalue weighted by atomic mass is 10.2. The molecule has 13 heavy (non-hydrogen) atoms. The average Bonchev–Trinajstić information content (AvgIpc) is 2.30. The van der Waals surface area contributed by atoms with Gasteiger partial charge < -0.3 is 4.74 Å². The molecular weight excluding hydrogens is 193 g/mol. The summed E-state index contributed by atoms with van der Waals surface area (Å²) in [6.07, 6.45) is 0. The van der Waals surface area contributed by atoms with Gasteiger partial charge in [-0.3, -0.25) is 0 Å². The van der Waals surface area contributed by atoms with Gasteiger partial charge in [0.25, 0.3) is 0 Å². The lowest BCUT2D eigenvalue weighted by Crippen LogP contribution is -2.24. The molecule has 0 atom stereocenters. The zero-order chi connectivity index (χ0) is 10.1. The molecule has 0 bridgehead atoms. The van der Waals surface area contributed by atoms with Gasteiger partial charge in [0.05, 0.1) is 0 Å². The first-order valence-electron chi connectivity index (χ1n) is 3.73. The van der Waals surface area contributed by atoms with Crippen LogP contribution in [0.5, 0.6) is 0 Å². The third kappa shape index (κ3) is 2.77. The van der Waals surface area contributed by atoms with Crippen LogP contribution >= 0.6 is 11.5 Å². The molecule has 0 radical (unpaired) electrons. The van der Waals surface area contributed by atoms with E-state index < -0.39 is 17.4 Å². The monoisotopic (exact) mass is 203 g/mol. The molecule has 0 aliphatic carbocycles. The van der Waals surface area contributed by atoms with Gasteiger partial charge in [0.1, 0.15) is 5.60 Å². The number of ether oxygens (including phenoxy) is 1. The maximum absolute atomic E-state index is 12.8. The summed E-state index contributed by atoms with van der Waals surface area (Å²) in [5.41, 5.74) is -0.854. The maximum Gasteiger partial charge on any atom is 0.361 e. The van der Waals surface area contributed by atoms with E-state index in [0.717, 1.165) is 11.5 Å². The van der Waals surface area contributed by atoms with E-state index in [9.17, 15) is 9.18 Å². The molecular formula is C8H10FNO2S. The van der Waals surface area contributed by atoms with Gasteiger partial charge in [-0.05, 0) is 32.3 Å². The summed E-state index contributed by atoms with van der Waals surface area (Å²) in [5, 5.41) is 1.17. The highest BCUT2D eigenvalue weighted by atomic mass is 32.1. The van der Waals surface area contributed by atoms with Gasteiger partial charge in [-0.2, -0.15) is 4.37 Å². The minimum atomic E-state index is -0.716. The Morgan fingerprint density at radius 1 is 1.62 bits per heavy atom.